The summed E-state index contributed by atoms with van der Waals surface area (Å²) in [4.78, 5) is 0. The molecule has 1 rings (SSSR count). The Labute approximate surface area is 125 Å². The molecule has 102 valence electrons. The molecular formula is C13H19Br2NO2. The molecule has 0 fully saturated rings. The van der Waals surface area contributed by atoms with Gasteiger partial charge in [0, 0.05) is 19.2 Å². The van der Waals surface area contributed by atoms with Crippen molar-refractivity contribution in [2.45, 2.75) is 33.4 Å². The molecule has 0 aromatic heterocycles. The minimum atomic E-state index is 0.261. The van der Waals surface area contributed by atoms with Crippen molar-refractivity contribution in [3.8, 4) is 5.75 Å². The van der Waals surface area contributed by atoms with Gasteiger partial charge in [0.05, 0.1) is 8.95 Å². The summed E-state index contributed by atoms with van der Waals surface area (Å²) in [7, 11) is 0. The monoisotopic (exact) mass is 379 g/mol. The van der Waals surface area contributed by atoms with Crippen LogP contribution >= 0.6 is 31.9 Å². The van der Waals surface area contributed by atoms with Crippen LogP contribution in [0.4, 0.5) is 0 Å². The number of halogens is 2. The van der Waals surface area contributed by atoms with Crippen molar-refractivity contribution in [2.24, 2.45) is 0 Å². The average molecular weight is 381 g/mol. The van der Waals surface area contributed by atoms with Crippen molar-refractivity contribution >= 4 is 31.9 Å². The maximum Gasteiger partial charge on any atom is 0.189 e. The van der Waals surface area contributed by atoms with E-state index in [2.05, 4.69) is 63.2 Å². The summed E-state index contributed by atoms with van der Waals surface area (Å²) >= 11 is 7.04. The molecule has 0 atom stereocenters. The van der Waals surface area contributed by atoms with Gasteiger partial charge in [-0.15, -0.1) is 0 Å². The summed E-state index contributed by atoms with van der Waals surface area (Å²) in [5, 5.41) is 3.38. The molecule has 0 saturated carbocycles. The lowest BCUT2D eigenvalue weighted by molar-refractivity contribution is 0.0215. The molecule has 0 saturated heterocycles. The molecular weight excluding hydrogens is 362 g/mol. The van der Waals surface area contributed by atoms with Gasteiger partial charge < -0.3 is 14.8 Å². The van der Waals surface area contributed by atoms with E-state index in [-0.39, 0.29) is 6.79 Å². The first-order chi connectivity index (χ1) is 8.54. The van der Waals surface area contributed by atoms with Gasteiger partial charge in [-0.1, -0.05) is 13.8 Å². The van der Waals surface area contributed by atoms with E-state index in [9.17, 15) is 0 Å². The van der Waals surface area contributed by atoms with E-state index in [1.54, 1.807) is 0 Å². The molecule has 0 aliphatic carbocycles. The van der Waals surface area contributed by atoms with Crippen LogP contribution in [0.15, 0.2) is 21.1 Å². The fourth-order valence-electron chi connectivity index (χ4n) is 1.36. The van der Waals surface area contributed by atoms with Crippen molar-refractivity contribution in [1.29, 1.82) is 0 Å². The van der Waals surface area contributed by atoms with Gasteiger partial charge in [0.2, 0.25) is 0 Å². The Hall–Kier alpha value is -0.100. The van der Waals surface area contributed by atoms with Crippen LogP contribution < -0.4 is 10.1 Å². The van der Waals surface area contributed by atoms with E-state index in [4.69, 9.17) is 9.47 Å². The highest BCUT2D eigenvalue weighted by Crippen LogP contribution is 2.34. The maximum absolute atomic E-state index is 5.55. The standard InChI is InChI=1S/C13H19Br2NO2/c1-4-17-8-18-13-11(14)5-10(6-12(13)15)7-16-9(2)3/h5-6,9,16H,4,7-8H2,1-3H3. The Kier molecular flexibility index (Phi) is 7.22. The number of nitrogens with one attached hydrogen (secondary N) is 1. The fourth-order valence-corrected chi connectivity index (χ4v) is 2.87. The third kappa shape index (κ3) is 5.26. The van der Waals surface area contributed by atoms with Gasteiger partial charge in [-0.2, -0.15) is 0 Å². The zero-order chi connectivity index (χ0) is 13.5. The Balaban J connectivity index is 2.71. The predicted molar refractivity (Wildman–Crippen MR) is 80.9 cm³/mol. The lowest BCUT2D eigenvalue weighted by atomic mass is 10.2. The fraction of sp³-hybridized carbons (Fsp3) is 0.538. The van der Waals surface area contributed by atoms with Crippen molar-refractivity contribution in [3.05, 3.63) is 26.6 Å². The topological polar surface area (TPSA) is 30.5 Å². The van der Waals surface area contributed by atoms with Gasteiger partial charge in [-0.05, 0) is 56.5 Å². The van der Waals surface area contributed by atoms with Gasteiger partial charge in [0.25, 0.3) is 0 Å². The van der Waals surface area contributed by atoms with E-state index in [1.807, 2.05) is 6.92 Å². The molecule has 0 radical (unpaired) electrons. The number of hydrogen-bond donors (Lipinski definition) is 1. The Morgan fingerprint density at radius 1 is 1.22 bits per heavy atom. The molecule has 1 aromatic rings. The second kappa shape index (κ2) is 8.15. The van der Waals surface area contributed by atoms with Gasteiger partial charge in [0.15, 0.2) is 12.5 Å². The van der Waals surface area contributed by atoms with Crippen molar-refractivity contribution in [3.63, 3.8) is 0 Å². The molecule has 0 amide bonds. The maximum atomic E-state index is 5.55. The first-order valence-electron chi connectivity index (χ1n) is 5.96. The third-order valence-electron chi connectivity index (χ3n) is 2.26. The Morgan fingerprint density at radius 2 is 1.83 bits per heavy atom. The summed E-state index contributed by atoms with van der Waals surface area (Å²) in [6.07, 6.45) is 0. The van der Waals surface area contributed by atoms with E-state index in [0.29, 0.717) is 12.6 Å². The van der Waals surface area contributed by atoms with Crippen LogP contribution in [0.5, 0.6) is 5.75 Å². The van der Waals surface area contributed by atoms with Gasteiger partial charge in [0.1, 0.15) is 0 Å². The van der Waals surface area contributed by atoms with Crippen LogP contribution in [0, 0.1) is 0 Å². The molecule has 0 spiro atoms. The van der Waals surface area contributed by atoms with Crippen molar-refractivity contribution in [1.82, 2.24) is 5.32 Å². The van der Waals surface area contributed by atoms with Crippen LogP contribution in [0.25, 0.3) is 0 Å². The van der Waals surface area contributed by atoms with E-state index in [1.165, 1.54) is 5.56 Å². The first-order valence-corrected chi connectivity index (χ1v) is 7.55. The van der Waals surface area contributed by atoms with E-state index in [0.717, 1.165) is 21.2 Å². The smallest absolute Gasteiger partial charge is 0.189 e. The molecule has 0 heterocycles. The van der Waals surface area contributed by atoms with Gasteiger partial charge in [-0.25, -0.2) is 0 Å². The molecule has 1 N–H and O–H groups in total. The second-order valence-corrected chi connectivity index (χ2v) is 5.89. The lowest BCUT2D eigenvalue weighted by Crippen LogP contribution is -2.21. The zero-order valence-corrected chi connectivity index (χ0v) is 14.1. The minimum Gasteiger partial charge on any atom is -0.465 e. The van der Waals surface area contributed by atoms with Crippen LogP contribution in [0.2, 0.25) is 0 Å². The molecule has 5 heteroatoms. The molecule has 0 unspecified atom stereocenters. The second-order valence-electron chi connectivity index (χ2n) is 4.18. The summed E-state index contributed by atoms with van der Waals surface area (Å²) in [6, 6.07) is 4.58. The average Bonchev–Trinajstić information content (AvgIpc) is 2.30. The highest BCUT2D eigenvalue weighted by atomic mass is 79.9. The van der Waals surface area contributed by atoms with Crippen LogP contribution in [-0.4, -0.2) is 19.4 Å². The number of benzene rings is 1. The Bertz CT molecular complexity index is 360. The van der Waals surface area contributed by atoms with Crippen molar-refractivity contribution in [2.75, 3.05) is 13.4 Å². The van der Waals surface area contributed by atoms with E-state index >= 15 is 0 Å². The van der Waals surface area contributed by atoms with Crippen LogP contribution in [0.3, 0.4) is 0 Å². The molecule has 18 heavy (non-hydrogen) atoms. The molecule has 3 nitrogen and oxygen atoms in total. The summed E-state index contributed by atoms with van der Waals surface area (Å²) < 4.78 is 12.6. The van der Waals surface area contributed by atoms with Gasteiger partial charge >= 0.3 is 0 Å². The molecule has 0 aliphatic heterocycles. The summed E-state index contributed by atoms with van der Waals surface area (Å²) in [6.45, 7) is 7.94. The Morgan fingerprint density at radius 3 is 2.33 bits per heavy atom. The van der Waals surface area contributed by atoms with Crippen LogP contribution in [0.1, 0.15) is 26.3 Å². The zero-order valence-electron chi connectivity index (χ0n) is 10.9. The molecule has 0 aliphatic rings. The third-order valence-corrected chi connectivity index (χ3v) is 3.44. The summed E-state index contributed by atoms with van der Waals surface area (Å²) in [5.41, 5.74) is 1.20. The minimum absolute atomic E-state index is 0.261. The summed E-state index contributed by atoms with van der Waals surface area (Å²) in [5.74, 6) is 0.775. The predicted octanol–water partition coefficient (Wildman–Crippen LogP) is 4.08. The SMILES string of the molecule is CCOCOc1c(Br)cc(CNC(C)C)cc1Br. The normalized spacial score (nSPS) is 11.0. The van der Waals surface area contributed by atoms with Crippen molar-refractivity contribution < 1.29 is 9.47 Å². The number of hydrogen-bond acceptors (Lipinski definition) is 3. The first kappa shape index (κ1) is 16.0. The van der Waals surface area contributed by atoms with Gasteiger partial charge in [-0.3, -0.25) is 0 Å². The molecule has 1 aromatic carbocycles. The quantitative estimate of drug-likeness (QED) is 0.571. The number of ether oxygens (including phenoxy) is 2. The lowest BCUT2D eigenvalue weighted by Gasteiger charge is -2.13. The number of rotatable bonds is 7. The molecule has 0 bridgehead atoms. The highest BCUT2D eigenvalue weighted by molar-refractivity contribution is 9.11. The largest absolute Gasteiger partial charge is 0.465 e. The van der Waals surface area contributed by atoms with Crippen LogP contribution in [-0.2, 0) is 11.3 Å². The van der Waals surface area contributed by atoms with E-state index < -0.39 is 0 Å². The highest BCUT2D eigenvalue weighted by Gasteiger charge is 2.09.